The Kier molecular flexibility index (Phi) is 7.63. The minimum Gasteiger partial charge on any atom is -0.445 e. The number of benzene rings is 2. The summed E-state index contributed by atoms with van der Waals surface area (Å²) in [7, 11) is 0. The minimum atomic E-state index is -0.990. The number of aliphatic hydroxyl groups is 2. The maximum Gasteiger partial charge on any atom is 0.407 e. The highest BCUT2D eigenvalue weighted by atomic mass is 16.5. The van der Waals surface area contributed by atoms with Crippen molar-refractivity contribution in [2.45, 2.75) is 45.0 Å². The van der Waals surface area contributed by atoms with Crippen LogP contribution >= 0.6 is 0 Å². The lowest BCUT2D eigenvalue weighted by molar-refractivity contribution is 0.0136. The Labute approximate surface area is 154 Å². The van der Waals surface area contributed by atoms with Crippen molar-refractivity contribution in [3.05, 3.63) is 71.3 Å². The van der Waals surface area contributed by atoms with E-state index in [2.05, 4.69) is 19.2 Å². The minimum absolute atomic E-state index is 0.194. The Hall–Kier alpha value is -2.37. The molecular weight excluding hydrogens is 330 g/mol. The van der Waals surface area contributed by atoms with Crippen LogP contribution in [0.25, 0.3) is 0 Å². The van der Waals surface area contributed by atoms with E-state index in [0.717, 1.165) is 11.1 Å². The zero-order valence-electron chi connectivity index (χ0n) is 15.3. The summed E-state index contributed by atoms with van der Waals surface area (Å²) >= 11 is 0. The average molecular weight is 357 g/mol. The lowest BCUT2D eigenvalue weighted by Crippen LogP contribution is -2.29. The van der Waals surface area contributed by atoms with Gasteiger partial charge in [0.05, 0.1) is 6.10 Å². The highest BCUT2D eigenvalue weighted by Crippen LogP contribution is 2.23. The summed E-state index contributed by atoms with van der Waals surface area (Å²) in [6.07, 6.45) is -2.27. The van der Waals surface area contributed by atoms with E-state index in [-0.39, 0.29) is 19.6 Å². The molecule has 2 unspecified atom stereocenters. The molecule has 140 valence electrons. The molecule has 0 fully saturated rings. The fourth-order valence-corrected chi connectivity index (χ4v) is 2.58. The van der Waals surface area contributed by atoms with Crippen LogP contribution in [-0.2, 0) is 11.3 Å². The van der Waals surface area contributed by atoms with E-state index < -0.39 is 18.3 Å². The van der Waals surface area contributed by atoms with Gasteiger partial charge in [-0.25, -0.2) is 4.79 Å². The van der Waals surface area contributed by atoms with Gasteiger partial charge in [-0.1, -0.05) is 68.4 Å². The summed E-state index contributed by atoms with van der Waals surface area (Å²) < 4.78 is 5.10. The van der Waals surface area contributed by atoms with E-state index in [1.165, 1.54) is 0 Å². The van der Waals surface area contributed by atoms with Crippen LogP contribution in [0.1, 0.15) is 49.0 Å². The topological polar surface area (TPSA) is 78.8 Å². The number of nitrogens with one attached hydrogen (secondary N) is 1. The molecule has 0 saturated carbocycles. The van der Waals surface area contributed by atoms with Gasteiger partial charge in [0.1, 0.15) is 12.7 Å². The summed E-state index contributed by atoms with van der Waals surface area (Å²) in [5.74, 6) is 0.348. The number of aliphatic hydroxyl groups excluding tert-OH is 2. The molecule has 2 rings (SSSR count). The smallest absolute Gasteiger partial charge is 0.407 e. The molecule has 2 aromatic carbocycles. The van der Waals surface area contributed by atoms with E-state index >= 15 is 0 Å². The van der Waals surface area contributed by atoms with E-state index in [1.54, 1.807) is 6.07 Å². The van der Waals surface area contributed by atoms with Crippen LogP contribution in [0.3, 0.4) is 0 Å². The van der Waals surface area contributed by atoms with Crippen molar-refractivity contribution in [3.63, 3.8) is 0 Å². The molecule has 3 N–H and O–H groups in total. The largest absolute Gasteiger partial charge is 0.445 e. The molecule has 5 nitrogen and oxygen atoms in total. The predicted octanol–water partition coefficient (Wildman–Crippen LogP) is 3.52. The zero-order chi connectivity index (χ0) is 18.9. The van der Waals surface area contributed by atoms with Crippen molar-refractivity contribution < 1.29 is 19.7 Å². The maximum atomic E-state index is 11.7. The molecule has 2 atom stereocenters. The lowest BCUT2D eigenvalue weighted by atomic mass is 9.96. The zero-order valence-corrected chi connectivity index (χ0v) is 15.3. The highest BCUT2D eigenvalue weighted by Gasteiger charge is 2.19. The van der Waals surface area contributed by atoms with Gasteiger partial charge in [-0.05, 0) is 29.0 Å². The molecule has 0 aliphatic rings. The van der Waals surface area contributed by atoms with Crippen LogP contribution in [0.4, 0.5) is 4.79 Å². The van der Waals surface area contributed by atoms with Gasteiger partial charge >= 0.3 is 6.09 Å². The van der Waals surface area contributed by atoms with Crippen LogP contribution < -0.4 is 5.32 Å². The van der Waals surface area contributed by atoms with E-state index in [0.29, 0.717) is 11.5 Å². The van der Waals surface area contributed by atoms with E-state index in [1.807, 2.05) is 48.5 Å². The number of hydrogen-bond acceptors (Lipinski definition) is 4. The standard InChI is InChI=1S/C21H27NO4/c1-15(2)17-9-6-10-18(13-17)20(24)19(23)11-12-22-21(25)26-14-16-7-4-3-5-8-16/h3-10,13,15,19-20,23-24H,11-12,14H2,1-2H3,(H,22,25). The normalized spacial score (nSPS) is 13.3. The quantitative estimate of drug-likeness (QED) is 0.675. The van der Waals surface area contributed by atoms with Crippen molar-refractivity contribution >= 4 is 6.09 Å². The molecule has 0 bridgehead atoms. The third kappa shape index (κ3) is 6.17. The molecule has 0 saturated heterocycles. The van der Waals surface area contributed by atoms with E-state index in [4.69, 9.17) is 4.74 Å². The van der Waals surface area contributed by atoms with Crippen molar-refractivity contribution in [1.82, 2.24) is 5.32 Å². The van der Waals surface area contributed by atoms with Gasteiger partial charge in [0.25, 0.3) is 0 Å². The second-order valence-electron chi connectivity index (χ2n) is 6.61. The average Bonchev–Trinajstić information content (AvgIpc) is 2.66. The molecule has 0 radical (unpaired) electrons. The van der Waals surface area contributed by atoms with Gasteiger partial charge in [-0.15, -0.1) is 0 Å². The monoisotopic (exact) mass is 357 g/mol. The Morgan fingerprint density at radius 3 is 2.42 bits per heavy atom. The highest BCUT2D eigenvalue weighted by molar-refractivity contribution is 5.67. The Morgan fingerprint density at radius 2 is 1.73 bits per heavy atom. The maximum absolute atomic E-state index is 11.7. The molecule has 0 spiro atoms. The molecule has 2 aromatic rings. The summed E-state index contributed by atoms with van der Waals surface area (Å²) in [4.78, 5) is 11.7. The van der Waals surface area contributed by atoms with Crippen LogP contribution in [0.2, 0.25) is 0 Å². The molecule has 5 heteroatoms. The van der Waals surface area contributed by atoms with Crippen LogP contribution in [0, 0.1) is 0 Å². The number of carbonyl (C=O) groups excluding carboxylic acids is 1. The van der Waals surface area contributed by atoms with Crippen molar-refractivity contribution in [2.75, 3.05) is 6.54 Å². The first kappa shape index (κ1) is 19.9. The van der Waals surface area contributed by atoms with Gasteiger partial charge < -0.3 is 20.3 Å². The van der Waals surface area contributed by atoms with Crippen molar-refractivity contribution in [2.24, 2.45) is 0 Å². The van der Waals surface area contributed by atoms with E-state index in [9.17, 15) is 15.0 Å². The first-order chi connectivity index (χ1) is 12.5. The summed E-state index contributed by atoms with van der Waals surface area (Å²) in [6.45, 7) is 4.56. The number of alkyl carbamates (subject to hydrolysis) is 1. The Balaban J connectivity index is 1.74. The number of ether oxygens (including phenoxy) is 1. The number of amides is 1. The second-order valence-corrected chi connectivity index (χ2v) is 6.61. The van der Waals surface area contributed by atoms with Gasteiger partial charge in [0.15, 0.2) is 0 Å². The van der Waals surface area contributed by atoms with Crippen LogP contribution in [-0.4, -0.2) is 29.0 Å². The van der Waals surface area contributed by atoms with Crippen molar-refractivity contribution in [1.29, 1.82) is 0 Å². The third-order valence-corrected chi connectivity index (χ3v) is 4.21. The molecule has 0 aromatic heterocycles. The Morgan fingerprint density at radius 1 is 1.04 bits per heavy atom. The van der Waals surface area contributed by atoms with Gasteiger partial charge in [-0.2, -0.15) is 0 Å². The molecule has 0 aliphatic heterocycles. The van der Waals surface area contributed by atoms with Crippen LogP contribution in [0.5, 0.6) is 0 Å². The SMILES string of the molecule is CC(C)c1cccc(C(O)C(O)CCNC(=O)OCc2ccccc2)c1. The molecule has 1 amide bonds. The van der Waals surface area contributed by atoms with Gasteiger partial charge in [0, 0.05) is 6.54 Å². The Bertz CT molecular complexity index is 687. The second kappa shape index (κ2) is 9.94. The molecule has 0 heterocycles. The summed E-state index contributed by atoms with van der Waals surface area (Å²) in [5, 5.41) is 23.1. The number of hydrogen-bond donors (Lipinski definition) is 3. The molecular formula is C21H27NO4. The lowest BCUT2D eigenvalue weighted by Gasteiger charge is -2.19. The van der Waals surface area contributed by atoms with Gasteiger partial charge in [0.2, 0.25) is 0 Å². The first-order valence-electron chi connectivity index (χ1n) is 8.88. The predicted molar refractivity (Wildman–Crippen MR) is 101 cm³/mol. The number of rotatable bonds is 8. The molecule has 26 heavy (non-hydrogen) atoms. The molecule has 0 aliphatic carbocycles. The summed E-state index contributed by atoms with van der Waals surface area (Å²) in [6, 6.07) is 17.0. The third-order valence-electron chi connectivity index (χ3n) is 4.21. The van der Waals surface area contributed by atoms with Gasteiger partial charge in [-0.3, -0.25) is 0 Å². The fraction of sp³-hybridized carbons (Fsp3) is 0.381. The first-order valence-corrected chi connectivity index (χ1v) is 8.88. The van der Waals surface area contributed by atoms with Crippen molar-refractivity contribution in [3.8, 4) is 0 Å². The number of carbonyl (C=O) groups is 1. The summed E-state index contributed by atoms with van der Waals surface area (Å²) in [5.41, 5.74) is 2.69. The van der Waals surface area contributed by atoms with Crippen LogP contribution in [0.15, 0.2) is 54.6 Å². The fourth-order valence-electron chi connectivity index (χ4n) is 2.58.